The Morgan fingerprint density at radius 3 is 2.56 bits per heavy atom. The first-order chi connectivity index (χ1) is 12.1. The maximum atomic E-state index is 12.4. The van der Waals surface area contributed by atoms with Crippen molar-refractivity contribution in [1.82, 2.24) is 0 Å². The zero-order valence-corrected chi connectivity index (χ0v) is 14.6. The summed E-state index contributed by atoms with van der Waals surface area (Å²) in [4.78, 5) is 25.6. The van der Waals surface area contributed by atoms with Crippen LogP contribution in [0.1, 0.15) is 15.9 Å². The molecule has 0 atom stereocenters. The summed E-state index contributed by atoms with van der Waals surface area (Å²) in [6.07, 6.45) is 5.07. The molecule has 0 spiro atoms. The third kappa shape index (κ3) is 3.83. The smallest absolute Gasteiger partial charge is 0.347 e. The van der Waals surface area contributed by atoms with Gasteiger partial charge >= 0.3 is 5.63 Å². The highest BCUT2D eigenvalue weighted by Crippen LogP contribution is 2.20. The number of allylic oxidation sites excluding steroid dienone is 1. The Kier molecular flexibility index (Phi) is 5.05. The van der Waals surface area contributed by atoms with Crippen molar-refractivity contribution in [3.05, 3.63) is 76.2 Å². The summed E-state index contributed by atoms with van der Waals surface area (Å²) in [5, 5.41) is 0.668. The van der Waals surface area contributed by atoms with E-state index in [2.05, 4.69) is 0 Å². The van der Waals surface area contributed by atoms with Crippen LogP contribution in [0.5, 0.6) is 5.75 Å². The predicted octanol–water partition coefficient (Wildman–Crippen LogP) is 4.42. The first-order valence-electron chi connectivity index (χ1n) is 7.59. The van der Waals surface area contributed by atoms with Gasteiger partial charge in [0.05, 0.1) is 7.11 Å². The molecular formula is C20H16O4S. The van der Waals surface area contributed by atoms with Gasteiger partial charge in [0, 0.05) is 16.3 Å². The summed E-state index contributed by atoms with van der Waals surface area (Å²) in [7, 11) is 1.54. The fraction of sp³-hybridized carbons (Fsp3) is 0.100. The summed E-state index contributed by atoms with van der Waals surface area (Å²) in [5.41, 5.74) is 0.626. The highest BCUT2D eigenvalue weighted by Gasteiger charge is 2.11. The standard InChI is InChI=1S/C20H16O4S/c1-23-15-7-6-14-11-17(20(22)24-19(14)12-15)18(21)10-5-13-3-8-16(25-2)9-4-13/h3-12H,1-2H3/b10-5+. The number of thioether (sulfide) groups is 1. The molecule has 126 valence electrons. The van der Waals surface area contributed by atoms with Gasteiger partial charge < -0.3 is 9.15 Å². The van der Waals surface area contributed by atoms with E-state index in [1.165, 1.54) is 13.2 Å². The maximum Gasteiger partial charge on any atom is 0.347 e. The Labute approximate surface area is 149 Å². The lowest BCUT2D eigenvalue weighted by Gasteiger charge is -2.02. The average molecular weight is 352 g/mol. The van der Waals surface area contributed by atoms with Gasteiger partial charge in [-0.3, -0.25) is 4.79 Å². The average Bonchev–Trinajstić information content (AvgIpc) is 2.65. The fourth-order valence-electron chi connectivity index (χ4n) is 2.37. The van der Waals surface area contributed by atoms with Crippen LogP contribution in [0.3, 0.4) is 0 Å². The number of fused-ring (bicyclic) bond motifs is 1. The number of ketones is 1. The van der Waals surface area contributed by atoms with Crippen LogP contribution < -0.4 is 10.4 Å². The third-order valence-corrected chi connectivity index (χ3v) is 4.50. The molecule has 0 aliphatic rings. The molecule has 1 heterocycles. The molecule has 0 N–H and O–H groups in total. The number of hydrogen-bond donors (Lipinski definition) is 0. The number of rotatable bonds is 5. The van der Waals surface area contributed by atoms with Crippen LogP contribution >= 0.6 is 11.8 Å². The molecule has 4 nitrogen and oxygen atoms in total. The molecule has 0 aliphatic carbocycles. The molecule has 0 bridgehead atoms. The van der Waals surface area contributed by atoms with Crippen LogP contribution in [0.25, 0.3) is 17.0 Å². The number of methoxy groups -OCH3 is 1. The third-order valence-electron chi connectivity index (χ3n) is 3.75. The van der Waals surface area contributed by atoms with E-state index >= 15 is 0 Å². The molecule has 1 aromatic heterocycles. The summed E-state index contributed by atoms with van der Waals surface area (Å²) in [5.74, 6) is 0.198. The number of benzene rings is 2. The van der Waals surface area contributed by atoms with Crippen molar-refractivity contribution in [1.29, 1.82) is 0 Å². The van der Waals surface area contributed by atoms with E-state index in [0.29, 0.717) is 16.7 Å². The Morgan fingerprint density at radius 1 is 1.12 bits per heavy atom. The molecule has 3 rings (SSSR count). The largest absolute Gasteiger partial charge is 0.497 e. The molecule has 25 heavy (non-hydrogen) atoms. The normalized spacial score (nSPS) is 11.1. The Morgan fingerprint density at radius 2 is 1.88 bits per heavy atom. The molecule has 3 aromatic rings. The van der Waals surface area contributed by atoms with E-state index in [-0.39, 0.29) is 11.3 Å². The minimum Gasteiger partial charge on any atom is -0.497 e. The molecule has 0 unspecified atom stereocenters. The van der Waals surface area contributed by atoms with Gasteiger partial charge in [0.15, 0.2) is 5.78 Å². The molecule has 0 radical (unpaired) electrons. The van der Waals surface area contributed by atoms with E-state index in [9.17, 15) is 9.59 Å². The molecule has 0 aliphatic heterocycles. The SMILES string of the molecule is COc1ccc2cc(C(=O)/C=C/c3ccc(SC)cc3)c(=O)oc2c1. The topological polar surface area (TPSA) is 56.5 Å². The summed E-state index contributed by atoms with van der Waals surface area (Å²) in [6.45, 7) is 0. The van der Waals surface area contributed by atoms with Crippen molar-refractivity contribution in [2.75, 3.05) is 13.4 Å². The second-order valence-corrected chi connectivity index (χ2v) is 6.20. The highest BCUT2D eigenvalue weighted by atomic mass is 32.2. The Balaban J connectivity index is 1.89. The second-order valence-electron chi connectivity index (χ2n) is 5.32. The lowest BCUT2D eigenvalue weighted by molar-refractivity contribution is 0.104. The van der Waals surface area contributed by atoms with Crippen LogP contribution in [0.2, 0.25) is 0 Å². The van der Waals surface area contributed by atoms with E-state index < -0.39 is 5.63 Å². The molecule has 0 saturated carbocycles. The monoisotopic (exact) mass is 352 g/mol. The van der Waals surface area contributed by atoms with Gasteiger partial charge in [-0.05, 0) is 48.2 Å². The van der Waals surface area contributed by atoms with Crippen LogP contribution in [-0.2, 0) is 0 Å². The van der Waals surface area contributed by atoms with Gasteiger partial charge in [0.1, 0.15) is 16.9 Å². The minimum atomic E-state index is -0.659. The van der Waals surface area contributed by atoms with Gasteiger partial charge in [-0.15, -0.1) is 11.8 Å². The van der Waals surface area contributed by atoms with E-state index in [1.807, 2.05) is 30.5 Å². The Bertz CT molecular complexity index is 1000. The summed E-state index contributed by atoms with van der Waals surface area (Å²) >= 11 is 1.65. The van der Waals surface area contributed by atoms with Gasteiger partial charge in [0.2, 0.25) is 0 Å². The zero-order chi connectivity index (χ0) is 17.8. The van der Waals surface area contributed by atoms with Crippen molar-refractivity contribution < 1.29 is 13.9 Å². The first-order valence-corrected chi connectivity index (χ1v) is 8.81. The fourth-order valence-corrected chi connectivity index (χ4v) is 2.78. The van der Waals surface area contributed by atoms with Crippen LogP contribution in [0.15, 0.2) is 68.7 Å². The minimum absolute atomic E-state index is 0.00894. The van der Waals surface area contributed by atoms with Gasteiger partial charge in [0.25, 0.3) is 0 Å². The Hall–Kier alpha value is -2.79. The second kappa shape index (κ2) is 7.40. The van der Waals surface area contributed by atoms with Crippen LogP contribution in [0.4, 0.5) is 0 Å². The highest BCUT2D eigenvalue weighted by molar-refractivity contribution is 7.98. The summed E-state index contributed by atoms with van der Waals surface area (Å²) < 4.78 is 10.3. The number of carbonyl (C=O) groups excluding carboxylic acids is 1. The number of ether oxygens (including phenoxy) is 1. The lowest BCUT2D eigenvalue weighted by atomic mass is 10.1. The lowest BCUT2D eigenvalue weighted by Crippen LogP contribution is -2.11. The molecule has 5 heteroatoms. The molecule has 0 saturated heterocycles. The number of carbonyl (C=O) groups is 1. The summed E-state index contributed by atoms with van der Waals surface area (Å²) in [6, 6.07) is 14.5. The van der Waals surface area contributed by atoms with E-state index in [0.717, 1.165) is 10.5 Å². The van der Waals surface area contributed by atoms with Crippen LogP contribution in [-0.4, -0.2) is 19.1 Å². The zero-order valence-electron chi connectivity index (χ0n) is 13.8. The first kappa shape index (κ1) is 17.0. The molecule has 0 fully saturated rings. The van der Waals surface area contributed by atoms with E-state index in [1.54, 1.807) is 42.1 Å². The van der Waals surface area contributed by atoms with E-state index in [4.69, 9.17) is 9.15 Å². The van der Waals surface area contributed by atoms with Gasteiger partial charge in [-0.25, -0.2) is 4.79 Å². The molecule has 0 amide bonds. The van der Waals surface area contributed by atoms with Crippen molar-refractivity contribution in [2.24, 2.45) is 0 Å². The predicted molar refractivity (Wildman–Crippen MR) is 101 cm³/mol. The number of hydrogen-bond acceptors (Lipinski definition) is 5. The molecular weight excluding hydrogens is 336 g/mol. The maximum absolute atomic E-state index is 12.4. The van der Waals surface area contributed by atoms with Gasteiger partial charge in [-0.2, -0.15) is 0 Å². The van der Waals surface area contributed by atoms with Crippen molar-refractivity contribution >= 4 is 34.6 Å². The quantitative estimate of drug-likeness (QED) is 0.294. The molecule has 2 aromatic carbocycles. The van der Waals surface area contributed by atoms with Crippen LogP contribution in [0, 0.1) is 0 Å². The van der Waals surface area contributed by atoms with Crippen molar-refractivity contribution in [3.63, 3.8) is 0 Å². The van der Waals surface area contributed by atoms with Crippen molar-refractivity contribution in [3.8, 4) is 5.75 Å². The van der Waals surface area contributed by atoms with Gasteiger partial charge in [-0.1, -0.05) is 18.2 Å². The van der Waals surface area contributed by atoms with Crippen molar-refractivity contribution in [2.45, 2.75) is 4.90 Å².